The van der Waals surface area contributed by atoms with Crippen molar-refractivity contribution in [2.75, 3.05) is 79.0 Å². The standard InChI is InChI=1S/C28H73B9N12/c1-17-32-39(18-2)29(13)41(20-4)34(45(32)24-8)47(26-10)36-43(22-6)31(15)44(23-7)37(49(36)28-12)48(27-11)35-42(21-5)30(14)40(19-3)33(38-16)46(35)25-9/h38H,17-28H2,1-16H3. The summed E-state index contributed by atoms with van der Waals surface area (Å²) in [5.74, 6) is 0. The highest BCUT2D eigenvalue weighted by atomic mass is 15.5. The van der Waals surface area contributed by atoms with Gasteiger partial charge in [-0.15, -0.1) is 0 Å². The number of nitrogens with one attached hydrogen (secondary N) is 1. The minimum Gasteiger partial charge on any atom is -0.357 e. The predicted octanol–water partition coefficient (Wildman–Crippen LogP) is 1.57. The summed E-state index contributed by atoms with van der Waals surface area (Å²) in [6, 6.07) is 0. The van der Waals surface area contributed by atoms with Crippen LogP contribution in [0.2, 0.25) is 26.8 Å². The average molecular weight is 675 g/mol. The lowest BCUT2D eigenvalue weighted by atomic mass is 9.41. The summed E-state index contributed by atoms with van der Waals surface area (Å²) >= 11 is 0. The summed E-state index contributed by atoms with van der Waals surface area (Å²) in [6.45, 7) is 48.2. The zero-order chi connectivity index (χ0) is 36.7. The van der Waals surface area contributed by atoms with Crippen molar-refractivity contribution in [3.8, 4) is 0 Å². The van der Waals surface area contributed by atoms with Gasteiger partial charge in [-0.3, -0.25) is 0 Å². The van der Waals surface area contributed by atoms with Crippen LogP contribution >= 0.6 is 0 Å². The van der Waals surface area contributed by atoms with E-state index in [1.807, 2.05) is 0 Å². The van der Waals surface area contributed by atoms with Crippen LogP contribution in [0, 0.1) is 0 Å². The molecule has 1 N–H and O–H groups in total. The Hall–Kier alpha value is 0.104. The SMILES string of the molecule is CCB1N(CC)B(C)N(CC)B(N(CC)B2N(CC)B(C)N(CC)B(N(CC)B3N(CC)B(C)N(CC)B(NC)N3CC)N2CC)N1CC. The van der Waals surface area contributed by atoms with Crippen LogP contribution in [-0.4, -0.2) is 194 Å². The highest BCUT2D eigenvalue weighted by molar-refractivity contribution is 6.94. The van der Waals surface area contributed by atoms with E-state index in [1.54, 1.807) is 0 Å². The van der Waals surface area contributed by atoms with Crippen LogP contribution in [0.1, 0.15) is 83.1 Å². The monoisotopic (exact) mass is 677 g/mol. The van der Waals surface area contributed by atoms with Crippen molar-refractivity contribution >= 4 is 63.5 Å². The van der Waals surface area contributed by atoms with Gasteiger partial charge in [0.05, 0.1) is 0 Å². The topological polar surface area (TPSA) is 47.7 Å². The molecule has 12 nitrogen and oxygen atoms in total. The Morgan fingerprint density at radius 3 is 1.00 bits per heavy atom. The molecule has 0 saturated carbocycles. The van der Waals surface area contributed by atoms with Gasteiger partial charge in [-0.25, -0.2) is 0 Å². The molecule has 0 spiro atoms. The van der Waals surface area contributed by atoms with Gasteiger partial charge in [-0.05, 0) is 85.4 Å². The molecule has 3 fully saturated rings. The Morgan fingerprint density at radius 1 is 0.388 bits per heavy atom. The van der Waals surface area contributed by atoms with Gasteiger partial charge < -0.3 is 57.2 Å². The molecular weight excluding hydrogens is 602 g/mol. The van der Waals surface area contributed by atoms with Crippen molar-refractivity contribution < 1.29 is 0 Å². The second kappa shape index (κ2) is 20.0. The summed E-state index contributed by atoms with van der Waals surface area (Å²) in [5, 5.41) is 3.73. The molecule has 21 heteroatoms. The highest BCUT2D eigenvalue weighted by Gasteiger charge is 2.62. The largest absolute Gasteiger partial charge is 0.380 e. The van der Waals surface area contributed by atoms with E-state index in [4.69, 9.17) is 0 Å². The maximum absolute atomic E-state index is 3.73. The van der Waals surface area contributed by atoms with E-state index in [-0.39, 0.29) is 42.6 Å². The zero-order valence-corrected chi connectivity index (χ0v) is 35.1. The molecule has 3 rings (SSSR count). The van der Waals surface area contributed by atoms with Gasteiger partial charge in [0.2, 0.25) is 0 Å². The van der Waals surface area contributed by atoms with Crippen LogP contribution in [-0.2, 0) is 0 Å². The summed E-state index contributed by atoms with van der Waals surface area (Å²) < 4.78 is 30.5. The molecule has 0 amide bonds. The Morgan fingerprint density at radius 2 is 0.694 bits per heavy atom. The van der Waals surface area contributed by atoms with E-state index < -0.39 is 0 Å². The van der Waals surface area contributed by atoms with Gasteiger partial charge in [-0.2, -0.15) is 0 Å². The minimum atomic E-state index is 0.142. The predicted molar refractivity (Wildman–Crippen MR) is 225 cm³/mol. The van der Waals surface area contributed by atoms with E-state index in [0.717, 1.165) is 78.3 Å². The van der Waals surface area contributed by atoms with Gasteiger partial charge in [0.1, 0.15) is 0 Å². The second-order valence-corrected chi connectivity index (χ2v) is 14.0. The molecule has 3 aliphatic rings. The van der Waals surface area contributed by atoms with Gasteiger partial charge in [0.15, 0.2) is 0 Å². The van der Waals surface area contributed by atoms with Gasteiger partial charge >= 0.3 is 35.6 Å². The fourth-order valence-electron chi connectivity index (χ4n) is 10.2. The first-order chi connectivity index (χ1) is 23.6. The number of nitrogens with zero attached hydrogens (tertiary/aromatic N) is 11. The van der Waals surface area contributed by atoms with Gasteiger partial charge in [-0.1, -0.05) is 104 Å². The lowest BCUT2D eigenvalue weighted by Gasteiger charge is -2.63. The molecule has 49 heavy (non-hydrogen) atoms. The molecule has 3 aliphatic heterocycles. The van der Waals surface area contributed by atoms with Crippen molar-refractivity contribution in [2.24, 2.45) is 0 Å². The highest BCUT2D eigenvalue weighted by Crippen LogP contribution is 2.31. The van der Waals surface area contributed by atoms with Gasteiger partial charge in [0.25, 0.3) is 27.9 Å². The van der Waals surface area contributed by atoms with E-state index in [9.17, 15) is 0 Å². The van der Waals surface area contributed by atoms with Crippen molar-refractivity contribution in [3.05, 3.63) is 0 Å². The fraction of sp³-hybridized carbons (Fsp3) is 1.00. The first-order valence-corrected chi connectivity index (χ1v) is 20.6. The molecule has 0 unspecified atom stereocenters. The molecular formula is C28H73B9N12. The van der Waals surface area contributed by atoms with Crippen molar-refractivity contribution in [3.63, 3.8) is 0 Å². The number of hydrogen-bond donors (Lipinski definition) is 1. The first-order valence-electron chi connectivity index (χ1n) is 20.6. The van der Waals surface area contributed by atoms with Crippen LogP contribution < -0.4 is 5.23 Å². The molecule has 272 valence electrons. The third-order valence-electron chi connectivity index (χ3n) is 12.5. The Bertz CT molecular complexity index is 903. The average Bonchev–Trinajstić information content (AvgIpc) is 3.11. The molecule has 0 aromatic carbocycles. The second-order valence-electron chi connectivity index (χ2n) is 14.0. The number of hydrogen-bond acceptors (Lipinski definition) is 12. The Labute approximate surface area is 308 Å². The van der Waals surface area contributed by atoms with Crippen LogP contribution in [0.4, 0.5) is 0 Å². The van der Waals surface area contributed by atoms with E-state index in [2.05, 4.69) is 168 Å². The quantitative estimate of drug-likeness (QED) is 0.228. The summed E-state index contributed by atoms with van der Waals surface area (Å²) in [5.41, 5.74) is 0. The summed E-state index contributed by atoms with van der Waals surface area (Å²) in [4.78, 5) is 0. The molecule has 0 bridgehead atoms. The minimum absolute atomic E-state index is 0.142. The molecule has 0 aliphatic carbocycles. The van der Waals surface area contributed by atoms with Crippen LogP contribution in [0.5, 0.6) is 0 Å². The molecule has 0 atom stereocenters. The van der Waals surface area contributed by atoms with E-state index >= 15 is 0 Å². The number of rotatable bonds is 17. The summed E-state index contributed by atoms with van der Waals surface area (Å²) in [7, 11) is 2.99. The first kappa shape index (κ1) is 43.5. The van der Waals surface area contributed by atoms with E-state index in [1.165, 1.54) is 0 Å². The maximum Gasteiger partial charge on any atom is 0.380 e. The van der Waals surface area contributed by atoms with Crippen molar-refractivity contribution in [2.45, 2.75) is 110 Å². The molecule has 0 radical (unpaired) electrons. The van der Waals surface area contributed by atoms with Crippen LogP contribution in [0.3, 0.4) is 0 Å². The normalized spacial score (nSPS) is 21.8. The van der Waals surface area contributed by atoms with Crippen LogP contribution in [0.15, 0.2) is 0 Å². The Kier molecular flexibility index (Phi) is 17.7. The third kappa shape index (κ3) is 7.85. The maximum atomic E-state index is 3.73. The summed E-state index contributed by atoms with van der Waals surface area (Å²) in [6.07, 6.45) is 1.13. The van der Waals surface area contributed by atoms with Crippen LogP contribution in [0.25, 0.3) is 0 Å². The lowest BCUT2D eigenvalue weighted by Crippen LogP contribution is -2.91. The van der Waals surface area contributed by atoms with E-state index in [0.29, 0.717) is 20.9 Å². The lowest BCUT2D eigenvalue weighted by molar-refractivity contribution is 0.334. The molecule has 0 aromatic rings. The van der Waals surface area contributed by atoms with Crippen molar-refractivity contribution in [1.29, 1.82) is 0 Å². The molecule has 0 aromatic heterocycles. The smallest absolute Gasteiger partial charge is 0.357 e. The Balaban J connectivity index is 2.26. The molecule has 3 saturated heterocycles. The van der Waals surface area contributed by atoms with Crippen molar-refractivity contribution in [1.82, 2.24) is 57.2 Å². The molecule has 3 heterocycles. The third-order valence-corrected chi connectivity index (χ3v) is 12.5. The van der Waals surface area contributed by atoms with Gasteiger partial charge in [0, 0.05) is 0 Å². The zero-order valence-electron chi connectivity index (χ0n) is 35.1. The fourth-order valence-corrected chi connectivity index (χ4v) is 10.2.